The molecule has 0 unspecified atom stereocenters. The summed E-state index contributed by atoms with van der Waals surface area (Å²) in [6, 6.07) is 7.00. The fraction of sp³-hybridized carbons (Fsp3) is 0.600. The molecule has 1 aliphatic heterocycles. The molecule has 4 heteroatoms. The average Bonchev–Trinajstić information content (AvgIpc) is 3.22. The number of rotatable bonds is 4. The predicted octanol–water partition coefficient (Wildman–Crippen LogP) is 2.34. The average molecular weight is 280 g/mol. The van der Waals surface area contributed by atoms with Gasteiger partial charge < -0.3 is 15.1 Å². The molecular formula is C15H22ClN3. The third kappa shape index (κ3) is 3.22. The molecule has 0 bridgehead atoms. The van der Waals surface area contributed by atoms with Gasteiger partial charge in [-0.05, 0) is 32.0 Å². The lowest BCUT2D eigenvalue weighted by Gasteiger charge is -2.35. The van der Waals surface area contributed by atoms with Crippen molar-refractivity contribution in [2.75, 3.05) is 38.1 Å². The third-order valence-electron chi connectivity index (χ3n) is 4.08. The monoisotopic (exact) mass is 279 g/mol. The zero-order valence-electron chi connectivity index (χ0n) is 11.5. The summed E-state index contributed by atoms with van der Waals surface area (Å²) < 4.78 is 0. The Balaban J connectivity index is 1.76. The van der Waals surface area contributed by atoms with Gasteiger partial charge in [0.15, 0.2) is 0 Å². The lowest BCUT2D eigenvalue weighted by atomic mass is 10.1. The van der Waals surface area contributed by atoms with Gasteiger partial charge in [-0.3, -0.25) is 0 Å². The molecule has 2 fully saturated rings. The Morgan fingerprint density at radius 1 is 1.21 bits per heavy atom. The summed E-state index contributed by atoms with van der Waals surface area (Å²) in [6.07, 6.45) is 2.63. The number of hydrogen-bond donors (Lipinski definition) is 1. The molecule has 104 valence electrons. The van der Waals surface area contributed by atoms with Crippen LogP contribution in [0.2, 0.25) is 5.02 Å². The Morgan fingerprint density at radius 2 is 1.95 bits per heavy atom. The number of nitrogens with one attached hydrogen (secondary N) is 1. The first kappa shape index (κ1) is 13.2. The number of likely N-dealkylation sites (N-methyl/N-ethyl adjacent to an activating group) is 1. The fourth-order valence-corrected chi connectivity index (χ4v) is 2.84. The van der Waals surface area contributed by atoms with Crippen LogP contribution in [-0.4, -0.2) is 44.2 Å². The van der Waals surface area contributed by atoms with Gasteiger partial charge in [0.1, 0.15) is 0 Å². The van der Waals surface area contributed by atoms with E-state index < -0.39 is 0 Å². The lowest BCUT2D eigenvalue weighted by molar-refractivity contribution is 0.312. The van der Waals surface area contributed by atoms with Crippen molar-refractivity contribution in [2.45, 2.75) is 25.4 Å². The van der Waals surface area contributed by atoms with Crippen molar-refractivity contribution in [3.63, 3.8) is 0 Å². The molecule has 1 saturated carbocycles. The van der Waals surface area contributed by atoms with E-state index in [0.717, 1.165) is 43.8 Å². The van der Waals surface area contributed by atoms with Gasteiger partial charge in [0.05, 0.1) is 0 Å². The van der Waals surface area contributed by atoms with Crippen molar-refractivity contribution in [1.82, 2.24) is 10.2 Å². The van der Waals surface area contributed by atoms with Crippen LogP contribution in [0.25, 0.3) is 0 Å². The van der Waals surface area contributed by atoms with Crippen LogP contribution >= 0.6 is 11.6 Å². The number of halogens is 1. The van der Waals surface area contributed by atoms with Crippen molar-refractivity contribution in [1.29, 1.82) is 0 Å². The Hall–Kier alpha value is -0.770. The molecule has 1 heterocycles. The fourth-order valence-electron chi connectivity index (χ4n) is 2.60. The summed E-state index contributed by atoms with van der Waals surface area (Å²) in [6.45, 7) is 5.33. The van der Waals surface area contributed by atoms with Gasteiger partial charge in [0.2, 0.25) is 0 Å². The maximum absolute atomic E-state index is 6.40. The van der Waals surface area contributed by atoms with Crippen LogP contribution in [0, 0.1) is 0 Å². The van der Waals surface area contributed by atoms with Crippen molar-refractivity contribution >= 4 is 17.3 Å². The van der Waals surface area contributed by atoms with Gasteiger partial charge in [-0.1, -0.05) is 17.7 Å². The summed E-state index contributed by atoms with van der Waals surface area (Å²) in [5.74, 6) is 0. The van der Waals surface area contributed by atoms with Crippen molar-refractivity contribution in [3.05, 3.63) is 28.8 Å². The maximum atomic E-state index is 6.40. The molecule has 1 aromatic rings. The molecule has 1 N–H and O–H groups in total. The third-order valence-corrected chi connectivity index (χ3v) is 4.44. The second-order valence-electron chi connectivity index (χ2n) is 5.68. The SMILES string of the molecule is CN1CCN(c2cccc(Cl)c2CNC2CC2)CC1. The topological polar surface area (TPSA) is 18.5 Å². The molecule has 19 heavy (non-hydrogen) atoms. The summed E-state index contributed by atoms with van der Waals surface area (Å²) in [7, 11) is 2.19. The van der Waals surface area contributed by atoms with Crippen molar-refractivity contribution in [2.24, 2.45) is 0 Å². The summed E-state index contributed by atoms with van der Waals surface area (Å²) in [5, 5.41) is 4.47. The highest BCUT2D eigenvalue weighted by Crippen LogP contribution is 2.29. The van der Waals surface area contributed by atoms with Gasteiger partial charge >= 0.3 is 0 Å². The van der Waals surface area contributed by atoms with E-state index >= 15 is 0 Å². The molecule has 3 rings (SSSR count). The maximum Gasteiger partial charge on any atom is 0.0471 e. The number of piperazine rings is 1. The van der Waals surface area contributed by atoms with Crippen molar-refractivity contribution in [3.8, 4) is 0 Å². The van der Waals surface area contributed by atoms with E-state index in [2.05, 4.69) is 34.3 Å². The number of nitrogens with zero attached hydrogens (tertiary/aromatic N) is 2. The Bertz CT molecular complexity index is 437. The molecule has 1 aliphatic carbocycles. The minimum atomic E-state index is 0.719. The molecule has 0 radical (unpaired) electrons. The molecule has 0 spiro atoms. The van der Waals surface area contributed by atoms with Crippen LogP contribution in [0.4, 0.5) is 5.69 Å². The molecule has 0 atom stereocenters. The Kier molecular flexibility index (Phi) is 3.96. The molecule has 0 aromatic heterocycles. The van der Waals surface area contributed by atoms with E-state index in [4.69, 9.17) is 11.6 Å². The van der Waals surface area contributed by atoms with Gasteiger partial charge in [0, 0.05) is 55.0 Å². The lowest BCUT2D eigenvalue weighted by Crippen LogP contribution is -2.45. The van der Waals surface area contributed by atoms with Crippen LogP contribution in [0.5, 0.6) is 0 Å². The second kappa shape index (κ2) is 5.70. The molecule has 2 aliphatic rings. The normalized spacial score (nSPS) is 20.8. The first-order valence-corrected chi connectivity index (χ1v) is 7.56. The molecule has 1 aromatic carbocycles. The van der Waals surface area contributed by atoms with Crippen LogP contribution in [0.15, 0.2) is 18.2 Å². The smallest absolute Gasteiger partial charge is 0.0471 e. The molecular weight excluding hydrogens is 258 g/mol. The molecule has 1 saturated heterocycles. The summed E-state index contributed by atoms with van der Waals surface area (Å²) in [5.41, 5.74) is 2.58. The Labute approximate surface area is 120 Å². The highest BCUT2D eigenvalue weighted by molar-refractivity contribution is 6.31. The number of anilines is 1. The predicted molar refractivity (Wildman–Crippen MR) is 81.0 cm³/mol. The van der Waals surface area contributed by atoms with Gasteiger partial charge in [-0.2, -0.15) is 0 Å². The van der Waals surface area contributed by atoms with E-state index in [9.17, 15) is 0 Å². The van der Waals surface area contributed by atoms with Crippen LogP contribution in [0.1, 0.15) is 18.4 Å². The number of hydrogen-bond acceptors (Lipinski definition) is 3. The largest absolute Gasteiger partial charge is 0.369 e. The highest BCUT2D eigenvalue weighted by atomic mass is 35.5. The minimum Gasteiger partial charge on any atom is -0.369 e. The Morgan fingerprint density at radius 3 is 2.63 bits per heavy atom. The van der Waals surface area contributed by atoms with E-state index in [1.54, 1.807) is 0 Å². The van der Waals surface area contributed by atoms with Crippen LogP contribution in [0.3, 0.4) is 0 Å². The minimum absolute atomic E-state index is 0.719. The second-order valence-corrected chi connectivity index (χ2v) is 6.09. The van der Waals surface area contributed by atoms with Gasteiger partial charge in [-0.25, -0.2) is 0 Å². The van der Waals surface area contributed by atoms with Crippen molar-refractivity contribution < 1.29 is 0 Å². The molecule has 0 amide bonds. The van der Waals surface area contributed by atoms with Gasteiger partial charge in [-0.15, -0.1) is 0 Å². The first-order valence-electron chi connectivity index (χ1n) is 7.18. The van der Waals surface area contributed by atoms with E-state index in [0.29, 0.717) is 0 Å². The first-order chi connectivity index (χ1) is 9.24. The summed E-state index contributed by atoms with van der Waals surface area (Å²) in [4.78, 5) is 4.85. The molecule has 3 nitrogen and oxygen atoms in total. The van der Waals surface area contributed by atoms with E-state index in [1.807, 2.05) is 6.07 Å². The van der Waals surface area contributed by atoms with E-state index in [1.165, 1.54) is 24.1 Å². The zero-order chi connectivity index (χ0) is 13.2. The summed E-state index contributed by atoms with van der Waals surface area (Å²) >= 11 is 6.40. The highest BCUT2D eigenvalue weighted by Gasteiger charge is 2.23. The zero-order valence-corrected chi connectivity index (χ0v) is 12.3. The number of benzene rings is 1. The van der Waals surface area contributed by atoms with Gasteiger partial charge in [0.25, 0.3) is 0 Å². The quantitative estimate of drug-likeness (QED) is 0.913. The van der Waals surface area contributed by atoms with E-state index in [-0.39, 0.29) is 0 Å². The van der Waals surface area contributed by atoms with Crippen LogP contribution in [-0.2, 0) is 6.54 Å². The van der Waals surface area contributed by atoms with Crippen LogP contribution < -0.4 is 10.2 Å². The standard InChI is InChI=1S/C15H22ClN3/c1-18-7-9-19(10-8-18)15-4-2-3-14(16)13(15)11-17-12-5-6-12/h2-4,12,17H,5-11H2,1H3.